The Morgan fingerprint density at radius 1 is 1.24 bits per heavy atom. The van der Waals surface area contributed by atoms with Crippen LogP contribution in [0.5, 0.6) is 0 Å². The lowest BCUT2D eigenvalue weighted by molar-refractivity contribution is 0.00543. The molecule has 0 saturated carbocycles. The largest absolute Gasteiger partial charge is 0.377 e. The van der Waals surface area contributed by atoms with Gasteiger partial charge in [-0.3, -0.25) is 9.78 Å². The van der Waals surface area contributed by atoms with Crippen molar-refractivity contribution in [1.82, 2.24) is 25.0 Å². The molecule has 9 nitrogen and oxygen atoms in total. The lowest BCUT2D eigenvalue weighted by Gasteiger charge is -2.22. The number of aromatic amines is 1. The van der Waals surface area contributed by atoms with E-state index in [1.807, 2.05) is 20.0 Å². The predicted molar refractivity (Wildman–Crippen MR) is 111 cm³/mol. The summed E-state index contributed by atoms with van der Waals surface area (Å²) in [4.78, 5) is 4.90. The molecule has 152 valence electrons. The third-order valence-electron chi connectivity index (χ3n) is 4.79. The van der Waals surface area contributed by atoms with Gasteiger partial charge in [0.05, 0.1) is 40.6 Å². The Balaban J connectivity index is 1.73. The SMILES string of the molecule is COC(C)(C)Cn1cc(Nc2nc3ccc(S(C)(=O)=O)cc3c3cn[nH]c23)cn1. The zero-order chi connectivity index (χ0) is 20.8. The summed E-state index contributed by atoms with van der Waals surface area (Å²) in [5.41, 5.74) is 1.79. The molecule has 0 aliphatic rings. The summed E-state index contributed by atoms with van der Waals surface area (Å²) < 4.78 is 31.1. The molecular weight excluding hydrogens is 392 g/mol. The molecule has 3 heterocycles. The number of nitrogens with one attached hydrogen (secondary N) is 2. The van der Waals surface area contributed by atoms with Gasteiger partial charge in [0.25, 0.3) is 0 Å². The molecule has 0 saturated heterocycles. The maximum Gasteiger partial charge on any atom is 0.175 e. The van der Waals surface area contributed by atoms with E-state index in [4.69, 9.17) is 4.74 Å². The fraction of sp³-hybridized carbons (Fsp3) is 0.316. The molecule has 0 atom stereocenters. The van der Waals surface area contributed by atoms with Crippen LogP contribution in [0.4, 0.5) is 11.5 Å². The Kier molecular flexibility index (Phi) is 4.55. The highest BCUT2D eigenvalue weighted by Gasteiger charge is 2.18. The van der Waals surface area contributed by atoms with Crippen LogP contribution in [0.2, 0.25) is 0 Å². The first-order valence-corrected chi connectivity index (χ1v) is 10.9. The molecule has 3 aromatic heterocycles. The Hall–Kier alpha value is -2.98. The summed E-state index contributed by atoms with van der Waals surface area (Å²) in [6, 6.07) is 4.89. The zero-order valence-electron chi connectivity index (χ0n) is 16.6. The third kappa shape index (κ3) is 3.81. The minimum absolute atomic E-state index is 0.247. The van der Waals surface area contributed by atoms with E-state index in [1.54, 1.807) is 42.4 Å². The average Bonchev–Trinajstić information content (AvgIpc) is 3.30. The molecule has 4 aromatic rings. The van der Waals surface area contributed by atoms with Crippen LogP contribution in [0.3, 0.4) is 0 Å². The molecular formula is C19H22N6O3S. The van der Waals surface area contributed by atoms with Gasteiger partial charge in [0.15, 0.2) is 15.7 Å². The highest BCUT2D eigenvalue weighted by Crippen LogP contribution is 2.31. The van der Waals surface area contributed by atoms with Crippen LogP contribution in [0.1, 0.15) is 13.8 Å². The van der Waals surface area contributed by atoms with Crippen molar-refractivity contribution in [3.63, 3.8) is 0 Å². The standard InChI is InChI=1S/C19H22N6O3S/c1-19(2,28-3)11-25-10-12(8-21-25)22-18-17-15(9-20-24-17)14-7-13(29(4,26)27)5-6-16(14)23-18/h5-10H,11H2,1-4H3,(H,20,24)(H,22,23). The molecule has 1 aromatic carbocycles. The van der Waals surface area contributed by atoms with E-state index < -0.39 is 9.84 Å². The van der Waals surface area contributed by atoms with Crippen molar-refractivity contribution < 1.29 is 13.2 Å². The van der Waals surface area contributed by atoms with Crippen LogP contribution in [0.15, 0.2) is 41.7 Å². The number of fused-ring (bicyclic) bond motifs is 3. The smallest absolute Gasteiger partial charge is 0.175 e. The number of ether oxygens (including phenoxy) is 1. The van der Waals surface area contributed by atoms with Gasteiger partial charge >= 0.3 is 0 Å². The van der Waals surface area contributed by atoms with Crippen LogP contribution in [-0.4, -0.2) is 52.3 Å². The van der Waals surface area contributed by atoms with E-state index in [2.05, 4.69) is 25.6 Å². The van der Waals surface area contributed by atoms with Gasteiger partial charge in [-0.1, -0.05) is 0 Å². The van der Waals surface area contributed by atoms with Crippen molar-refractivity contribution >= 4 is 43.1 Å². The molecule has 0 aliphatic carbocycles. The molecule has 0 aliphatic heterocycles. The predicted octanol–water partition coefficient (Wildman–Crippen LogP) is 2.88. The van der Waals surface area contributed by atoms with Gasteiger partial charge in [-0.2, -0.15) is 10.2 Å². The number of aromatic nitrogens is 5. The van der Waals surface area contributed by atoms with Crippen molar-refractivity contribution in [3.05, 3.63) is 36.8 Å². The Morgan fingerprint density at radius 2 is 2.03 bits per heavy atom. The van der Waals surface area contributed by atoms with E-state index in [9.17, 15) is 8.42 Å². The van der Waals surface area contributed by atoms with Crippen LogP contribution in [0, 0.1) is 0 Å². The molecule has 0 spiro atoms. The number of sulfone groups is 1. The second-order valence-electron chi connectivity index (χ2n) is 7.59. The Labute approximate surface area is 168 Å². The number of hydrogen-bond acceptors (Lipinski definition) is 7. The minimum atomic E-state index is -3.31. The van der Waals surface area contributed by atoms with Crippen molar-refractivity contribution in [2.75, 3.05) is 18.7 Å². The fourth-order valence-electron chi connectivity index (χ4n) is 3.10. The fourth-order valence-corrected chi connectivity index (χ4v) is 3.75. The molecule has 0 bridgehead atoms. The van der Waals surface area contributed by atoms with E-state index in [1.165, 1.54) is 6.26 Å². The van der Waals surface area contributed by atoms with Gasteiger partial charge in [-0.25, -0.2) is 13.4 Å². The number of nitrogens with zero attached hydrogens (tertiary/aromatic N) is 4. The van der Waals surface area contributed by atoms with Crippen LogP contribution >= 0.6 is 0 Å². The first-order chi connectivity index (χ1) is 13.7. The molecule has 4 rings (SSSR count). The van der Waals surface area contributed by atoms with Crippen LogP contribution < -0.4 is 5.32 Å². The number of benzene rings is 1. The number of methoxy groups -OCH3 is 1. The topological polar surface area (TPSA) is 115 Å². The summed E-state index contributed by atoms with van der Waals surface area (Å²) in [6.07, 6.45) is 6.45. The summed E-state index contributed by atoms with van der Waals surface area (Å²) in [7, 11) is -1.64. The quantitative estimate of drug-likeness (QED) is 0.498. The average molecular weight is 414 g/mol. The monoisotopic (exact) mass is 414 g/mol. The van der Waals surface area contributed by atoms with Crippen molar-refractivity contribution in [3.8, 4) is 0 Å². The molecule has 0 radical (unpaired) electrons. The Bertz CT molecular complexity index is 1310. The number of H-pyrrole nitrogens is 1. The second-order valence-corrected chi connectivity index (χ2v) is 9.60. The van der Waals surface area contributed by atoms with E-state index >= 15 is 0 Å². The number of anilines is 2. The number of rotatable bonds is 6. The highest BCUT2D eigenvalue weighted by molar-refractivity contribution is 7.90. The normalized spacial score (nSPS) is 12.7. The number of pyridine rings is 1. The highest BCUT2D eigenvalue weighted by atomic mass is 32.2. The molecule has 29 heavy (non-hydrogen) atoms. The maximum absolute atomic E-state index is 11.9. The molecule has 0 fully saturated rings. The van der Waals surface area contributed by atoms with E-state index in [0.717, 1.165) is 16.5 Å². The van der Waals surface area contributed by atoms with Crippen molar-refractivity contribution in [2.45, 2.75) is 30.9 Å². The van der Waals surface area contributed by atoms with E-state index in [-0.39, 0.29) is 10.5 Å². The first kappa shape index (κ1) is 19.3. The molecule has 0 unspecified atom stereocenters. The first-order valence-electron chi connectivity index (χ1n) is 8.98. The van der Waals surface area contributed by atoms with Gasteiger partial charge in [0.2, 0.25) is 0 Å². The van der Waals surface area contributed by atoms with Gasteiger partial charge in [-0.15, -0.1) is 0 Å². The van der Waals surface area contributed by atoms with Gasteiger partial charge < -0.3 is 10.1 Å². The van der Waals surface area contributed by atoms with Crippen LogP contribution in [0.25, 0.3) is 21.8 Å². The minimum Gasteiger partial charge on any atom is -0.377 e. The van der Waals surface area contributed by atoms with Crippen molar-refractivity contribution in [1.29, 1.82) is 0 Å². The van der Waals surface area contributed by atoms with Gasteiger partial charge in [0.1, 0.15) is 5.52 Å². The molecule has 0 amide bonds. The molecule has 2 N–H and O–H groups in total. The Morgan fingerprint density at radius 3 is 2.76 bits per heavy atom. The third-order valence-corrected chi connectivity index (χ3v) is 5.90. The van der Waals surface area contributed by atoms with Gasteiger partial charge in [0, 0.05) is 30.3 Å². The number of hydrogen-bond donors (Lipinski definition) is 2. The summed E-state index contributed by atoms with van der Waals surface area (Å²) >= 11 is 0. The second kappa shape index (κ2) is 6.82. The summed E-state index contributed by atoms with van der Waals surface area (Å²) in [6.45, 7) is 4.58. The summed E-state index contributed by atoms with van der Waals surface area (Å²) in [5, 5.41) is 16.2. The zero-order valence-corrected chi connectivity index (χ0v) is 17.4. The molecule has 10 heteroatoms. The lowest BCUT2D eigenvalue weighted by Crippen LogP contribution is -2.29. The summed E-state index contributed by atoms with van der Waals surface area (Å²) in [5.74, 6) is 0.586. The van der Waals surface area contributed by atoms with Gasteiger partial charge in [-0.05, 0) is 32.0 Å². The lowest BCUT2D eigenvalue weighted by atomic mass is 10.1. The maximum atomic E-state index is 11.9. The van der Waals surface area contributed by atoms with E-state index in [0.29, 0.717) is 23.4 Å². The van der Waals surface area contributed by atoms with Crippen molar-refractivity contribution in [2.24, 2.45) is 0 Å². The van der Waals surface area contributed by atoms with Crippen LogP contribution in [-0.2, 0) is 21.1 Å².